The van der Waals surface area contributed by atoms with Crippen LogP contribution in [0.1, 0.15) is 33.2 Å². The largest absolute Gasteiger partial charge is 0.378 e. The van der Waals surface area contributed by atoms with Gasteiger partial charge in [-0.25, -0.2) is 5.43 Å². The van der Waals surface area contributed by atoms with Crippen molar-refractivity contribution in [2.45, 2.75) is 6.92 Å². The van der Waals surface area contributed by atoms with Crippen LogP contribution < -0.4 is 10.3 Å². The SMILES string of the molecule is CC(=O)c1cccc(/C=N/NC(=O)c2ccc(N(C)C)cc2)c1. The number of carbonyl (C=O) groups excluding carboxylic acids is 2. The van der Waals surface area contributed by atoms with E-state index in [-0.39, 0.29) is 11.7 Å². The minimum absolute atomic E-state index is 0.00901. The molecule has 0 aromatic heterocycles. The maximum atomic E-state index is 12.0. The van der Waals surface area contributed by atoms with Gasteiger partial charge >= 0.3 is 0 Å². The number of hydrogen-bond acceptors (Lipinski definition) is 4. The second-order valence-corrected chi connectivity index (χ2v) is 5.32. The molecule has 0 saturated heterocycles. The Morgan fingerprint density at radius 3 is 2.35 bits per heavy atom. The van der Waals surface area contributed by atoms with Gasteiger partial charge in [0.15, 0.2) is 5.78 Å². The molecule has 0 bridgehead atoms. The normalized spacial score (nSPS) is 10.6. The Morgan fingerprint density at radius 2 is 1.74 bits per heavy atom. The highest BCUT2D eigenvalue weighted by molar-refractivity contribution is 5.97. The van der Waals surface area contributed by atoms with Crippen molar-refractivity contribution in [1.29, 1.82) is 0 Å². The quantitative estimate of drug-likeness (QED) is 0.525. The number of Topliss-reactive ketones (excluding diaryl/α,β-unsaturated/α-hetero) is 1. The topological polar surface area (TPSA) is 61.8 Å². The third-order valence-corrected chi connectivity index (χ3v) is 3.32. The second kappa shape index (κ2) is 7.35. The van der Waals surface area contributed by atoms with Crippen molar-refractivity contribution < 1.29 is 9.59 Å². The smallest absolute Gasteiger partial charge is 0.271 e. The number of nitrogens with zero attached hydrogens (tertiary/aromatic N) is 2. The number of hydrazone groups is 1. The fourth-order valence-corrected chi connectivity index (χ4v) is 1.98. The highest BCUT2D eigenvalue weighted by atomic mass is 16.2. The monoisotopic (exact) mass is 309 g/mol. The van der Waals surface area contributed by atoms with Crippen molar-refractivity contribution in [3.63, 3.8) is 0 Å². The van der Waals surface area contributed by atoms with E-state index < -0.39 is 0 Å². The molecule has 0 aliphatic heterocycles. The zero-order valence-corrected chi connectivity index (χ0v) is 13.4. The number of nitrogens with one attached hydrogen (secondary N) is 1. The second-order valence-electron chi connectivity index (χ2n) is 5.32. The molecule has 0 atom stereocenters. The Bertz CT molecular complexity index is 734. The third kappa shape index (κ3) is 4.51. The molecule has 1 amide bonds. The number of benzene rings is 2. The Labute approximate surface area is 135 Å². The summed E-state index contributed by atoms with van der Waals surface area (Å²) >= 11 is 0. The van der Waals surface area contributed by atoms with Gasteiger partial charge in [0.05, 0.1) is 6.21 Å². The van der Waals surface area contributed by atoms with Crippen molar-refractivity contribution in [2.24, 2.45) is 5.10 Å². The first-order valence-corrected chi connectivity index (χ1v) is 7.19. The fraction of sp³-hybridized carbons (Fsp3) is 0.167. The zero-order chi connectivity index (χ0) is 16.8. The zero-order valence-electron chi connectivity index (χ0n) is 13.4. The van der Waals surface area contributed by atoms with Crippen LogP contribution in [0.3, 0.4) is 0 Å². The van der Waals surface area contributed by atoms with Gasteiger partial charge in [-0.05, 0) is 42.8 Å². The maximum absolute atomic E-state index is 12.0. The van der Waals surface area contributed by atoms with Crippen molar-refractivity contribution in [2.75, 3.05) is 19.0 Å². The van der Waals surface area contributed by atoms with Gasteiger partial charge in [-0.2, -0.15) is 5.10 Å². The van der Waals surface area contributed by atoms with Crippen LogP contribution in [-0.2, 0) is 0 Å². The fourth-order valence-electron chi connectivity index (χ4n) is 1.98. The number of carbonyl (C=O) groups is 2. The maximum Gasteiger partial charge on any atom is 0.271 e. The first-order valence-electron chi connectivity index (χ1n) is 7.19. The molecule has 0 unspecified atom stereocenters. The average Bonchev–Trinajstić information content (AvgIpc) is 2.55. The first kappa shape index (κ1) is 16.4. The van der Waals surface area contributed by atoms with Gasteiger partial charge in [-0.15, -0.1) is 0 Å². The van der Waals surface area contributed by atoms with Crippen molar-refractivity contribution in [1.82, 2.24) is 5.43 Å². The van der Waals surface area contributed by atoms with Gasteiger partial charge in [0.2, 0.25) is 0 Å². The van der Waals surface area contributed by atoms with E-state index >= 15 is 0 Å². The number of ketones is 1. The first-order chi connectivity index (χ1) is 11.0. The molecular formula is C18H19N3O2. The lowest BCUT2D eigenvalue weighted by molar-refractivity contribution is 0.0954. The van der Waals surface area contributed by atoms with E-state index in [1.165, 1.54) is 13.1 Å². The third-order valence-electron chi connectivity index (χ3n) is 3.32. The molecular weight excluding hydrogens is 290 g/mol. The summed E-state index contributed by atoms with van der Waals surface area (Å²) < 4.78 is 0. The summed E-state index contributed by atoms with van der Waals surface area (Å²) in [6.45, 7) is 1.51. The molecule has 2 aromatic carbocycles. The minimum atomic E-state index is -0.283. The molecule has 5 heteroatoms. The Balaban J connectivity index is 2.01. The van der Waals surface area contributed by atoms with E-state index in [1.54, 1.807) is 30.3 Å². The molecule has 0 fully saturated rings. The van der Waals surface area contributed by atoms with Crippen LogP contribution in [0, 0.1) is 0 Å². The summed E-state index contributed by atoms with van der Waals surface area (Å²) in [5.41, 5.74) is 5.39. The Hall–Kier alpha value is -2.95. The summed E-state index contributed by atoms with van der Waals surface area (Å²) in [7, 11) is 3.88. The van der Waals surface area contributed by atoms with E-state index in [0.717, 1.165) is 11.3 Å². The highest BCUT2D eigenvalue weighted by Crippen LogP contribution is 2.12. The van der Waals surface area contributed by atoms with Crippen molar-refractivity contribution >= 4 is 23.6 Å². The lowest BCUT2D eigenvalue weighted by atomic mass is 10.1. The Morgan fingerprint density at radius 1 is 1.04 bits per heavy atom. The van der Waals surface area contributed by atoms with Gasteiger partial charge in [0, 0.05) is 30.9 Å². The van der Waals surface area contributed by atoms with Crippen LogP contribution in [0.25, 0.3) is 0 Å². The van der Waals surface area contributed by atoms with Gasteiger partial charge in [-0.1, -0.05) is 18.2 Å². The van der Waals surface area contributed by atoms with Crippen LogP contribution in [0.5, 0.6) is 0 Å². The number of hydrogen-bond donors (Lipinski definition) is 1. The molecule has 0 aliphatic carbocycles. The van der Waals surface area contributed by atoms with Gasteiger partial charge in [0.25, 0.3) is 5.91 Å². The van der Waals surface area contributed by atoms with E-state index in [4.69, 9.17) is 0 Å². The van der Waals surface area contributed by atoms with Crippen LogP contribution in [0.15, 0.2) is 53.6 Å². The summed E-state index contributed by atoms with van der Waals surface area (Å²) in [6, 6.07) is 14.3. The summed E-state index contributed by atoms with van der Waals surface area (Å²) in [4.78, 5) is 25.3. The molecule has 118 valence electrons. The number of rotatable bonds is 5. The van der Waals surface area contributed by atoms with E-state index in [9.17, 15) is 9.59 Å². The minimum Gasteiger partial charge on any atom is -0.378 e. The van der Waals surface area contributed by atoms with Crippen LogP contribution in [0.4, 0.5) is 5.69 Å². The van der Waals surface area contributed by atoms with Gasteiger partial charge in [0.1, 0.15) is 0 Å². The molecule has 0 spiro atoms. The number of amides is 1. The molecule has 0 heterocycles. The van der Waals surface area contributed by atoms with E-state index in [0.29, 0.717) is 11.1 Å². The molecule has 0 radical (unpaired) electrons. The van der Waals surface area contributed by atoms with Gasteiger partial charge in [-0.3, -0.25) is 9.59 Å². The van der Waals surface area contributed by atoms with E-state index in [2.05, 4.69) is 10.5 Å². The highest BCUT2D eigenvalue weighted by Gasteiger charge is 2.04. The van der Waals surface area contributed by atoms with Crippen LogP contribution >= 0.6 is 0 Å². The molecule has 5 nitrogen and oxygen atoms in total. The molecule has 0 aliphatic rings. The number of anilines is 1. The Kier molecular flexibility index (Phi) is 5.25. The average molecular weight is 309 g/mol. The van der Waals surface area contributed by atoms with E-state index in [1.807, 2.05) is 37.2 Å². The van der Waals surface area contributed by atoms with Gasteiger partial charge < -0.3 is 4.90 Å². The predicted molar refractivity (Wildman–Crippen MR) is 92.3 cm³/mol. The van der Waals surface area contributed by atoms with Crippen LogP contribution in [-0.4, -0.2) is 32.0 Å². The summed E-state index contributed by atoms with van der Waals surface area (Å²) in [5, 5.41) is 3.93. The van der Waals surface area contributed by atoms with Crippen LogP contribution in [0.2, 0.25) is 0 Å². The summed E-state index contributed by atoms with van der Waals surface area (Å²) in [6.07, 6.45) is 1.51. The molecule has 23 heavy (non-hydrogen) atoms. The predicted octanol–water partition coefficient (Wildman–Crippen LogP) is 2.72. The van der Waals surface area contributed by atoms with Crippen molar-refractivity contribution in [3.8, 4) is 0 Å². The molecule has 2 rings (SSSR count). The summed E-state index contributed by atoms with van der Waals surface area (Å²) in [5.74, 6) is -0.292. The lowest BCUT2D eigenvalue weighted by Crippen LogP contribution is -2.18. The lowest BCUT2D eigenvalue weighted by Gasteiger charge is -2.12. The van der Waals surface area contributed by atoms with Crippen molar-refractivity contribution in [3.05, 3.63) is 65.2 Å². The molecule has 2 aromatic rings. The molecule has 0 saturated carbocycles. The molecule has 1 N–H and O–H groups in total. The standard InChI is InChI=1S/C18H19N3O2/c1-13(22)16-6-4-5-14(11-16)12-19-20-18(23)15-7-9-17(10-8-15)21(2)3/h4-12H,1-3H3,(H,20,23)/b19-12+.